The van der Waals surface area contributed by atoms with E-state index in [1.807, 2.05) is 5.43 Å². The van der Waals surface area contributed by atoms with E-state index in [1.54, 1.807) is 0 Å². The van der Waals surface area contributed by atoms with Crippen molar-refractivity contribution >= 4 is 23.2 Å². The Morgan fingerprint density at radius 2 is 2.06 bits per heavy atom. The van der Waals surface area contributed by atoms with E-state index in [-0.39, 0.29) is 4.88 Å². The molecule has 1 amide bonds. The van der Waals surface area contributed by atoms with Crippen molar-refractivity contribution in [2.24, 2.45) is 5.84 Å². The van der Waals surface area contributed by atoms with E-state index in [2.05, 4.69) is 0 Å². The Bertz CT molecular complexity index is 419. The summed E-state index contributed by atoms with van der Waals surface area (Å²) < 4.78 is 0. The first-order valence-corrected chi connectivity index (χ1v) is 5.46. The van der Waals surface area contributed by atoms with Crippen LogP contribution < -0.4 is 11.3 Å². The summed E-state index contributed by atoms with van der Waals surface area (Å²) in [6.45, 7) is 0. The van der Waals surface area contributed by atoms with Crippen molar-refractivity contribution in [2.45, 2.75) is 18.6 Å². The van der Waals surface area contributed by atoms with E-state index in [0.717, 1.165) is 11.3 Å². The quantitative estimate of drug-likeness (QED) is 0.268. The number of nitrogens with one attached hydrogen (secondary N) is 1. The summed E-state index contributed by atoms with van der Waals surface area (Å²) in [5.74, 6) is 3.21. The maximum Gasteiger partial charge on any atom is 0.306 e. The number of thiophene rings is 1. The lowest BCUT2D eigenvalue weighted by molar-refractivity contribution is -0.141. The SMILES string of the molecule is NNC(=O)c1ccc(C(O)C(O)CC(=O)O)s1. The van der Waals surface area contributed by atoms with Crippen molar-refractivity contribution in [3.63, 3.8) is 0 Å². The molecule has 0 aliphatic carbocycles. The monoisotopic (exact) mass is 260 g/mol. The van der Waals surface area contributed by atoms with Gasteiger partial charge in [0.05, 0.1) is 17.4 Å². The molecule has 8 heteroatoms. The lowest BCUT2D eigenvalue weighted by Crippen LogP contribution is -2.29. The van der Waals surface area contributed by atoms with Gasteiger partial charge in [-0.3, -0.25) is 15.0 Å². The van der Waals surface area contributed by atoms with Crippen molar-refractivity contribution in [1.29, 1.82) is 0 Å². The van der Waals surface area contributed by atoms with Gasteiger partial charge in [0.25, 0.3) is 5.91 Å². The Kier molecular flexibility index (Phi) is 4.58. The normalized spacial score (nSPS) is 14.1. The number of carbonyl (C=O) groups is 2. The van der Waals surface area contributed by atoms with Gasteiger partial charge in [-0.05, 0) is 12.1 Å². The van der Waals surface area contributed by atoms with Crippen LogP contribution in [-0.2, 0) is 4.79 Å². The van der Waals surface area contributed by atoms with Crippen LogP contribution in [-0.4, -0.2) is 33.3 Å². The third-order valence-corrected chi connectivity index (χ3v) is 3.18. The number of carboxylic acid groups (broad SMARTS) is 1. The van der Waals surface area contributed by atoms with Crippen LogP contribution >= 0.6 is 11.3 Å². The molecule has 0 fully saturated rings. The predicted octanol–water partition coefficient (Wildman–Crippen LogP) is -0.779. The van der Waals surface area contributed by atoms with Gasteiger partial charge in [-0.2, -0.15) is 0 Å². The first kappa shape index (κ1) is 13.6. The van der Waals surface area contributed by atoms with E-state index in [9.17, 15) is 19.8 Å². The molecule has 1 heterocycles. The second-order valence-corrected chi connectivity index (χ2v) is 4.40. The minimum absolute atomic E-state index is 0.268. The molecule has 0 radical (unpaired) electrons. The number of nitrogen functional groups attached to an aromatic ring is 1. The minimum atomic E-state index is -1.42. The number of aliphatic carboxylic acids is 1. The van der Waals surface area contributed by atoms with Crippen molar-refractivity contribution in [2.75, 3.05) is 0 Å². The van der Waals surface area contributed by atoms with Gasteiger partial charge >= 0.3 is 5.97 Å². The zero-order valence-electron chi connectivity index (χ0n) is 8.66. The lowest BCUT2D eigenvalue weighted by atomic mass is 10.1. The Labute approximate surface area is 100 Å². The summed E-state index contributed by atoms with van der Waals surface area (Å²) in [4.78, 5) is 22.1. The highest BCUT2D eigenvalue weighted by Crippen LogP contribution is 2.26. The van der Waals surface area contributed by atoms with Crippen molar-refractivity contribution in [3.8, 4) is 0 Å². The lowest BCUT2D eigenvalue weighted by Gasteiger charge is -2.14. The molecule has 1 aromatic heterocycles. The zero-order chi connectivity index (χ0) is 13.0. The van der Waals surface area contributed by atoms with Crippen LogP contribution in [0.1, 0.15) is 27.1 Å². The summed E-state index contributed by atoms with van der Waals surface area (Å²) >= 11 is 0.934. The van der Waals surface area contributed by atoms with Crippen molar-refractivity contribution < 1.29 is 24.9 Å². The largest absolute Gasteiger partial charge is 0.481 e. The molecule has 2 unspecified atom stereocenters. The summed E-state index contributed by atoms with van der Waals surface area (Å²) in [5, 5.41) is 27.5. The molecular weight excluding hydrogens is 248 g/mol. The average Bonchev–Trinajstić information content (AvgIpc) is 2.75. The summed E-state index contributed by atoms with van der Waals surface area (Å²) in [6.07, 6.45) is -3.33. The first-order chi connectivity index (χ1) is 7.95. The van der Waals surface area contributed by atoms with Crippen LogP contribution in [0.25, 0.3) is 0 Å². The molecule has 0 saturated carbocycles. The second kappa shape index (κ2) is 5.73. The summed E-state index contributed by atoms with van der Waals surface area (Å²) in [6, 6.07) is 2.86. The maximum atomic E-state index is 11.1. The van der Waals surface area contributed by atoms with E-state index in [0.29, 0.717) is 4.88 Å². The molecule has 1 aromatic rings. The molecule has 0 aromatic carbocycles. The number of hydrogen-bond donors (Lipinski definition) is 5. The van der Waals surface area contributed by atoms with E-state index >= 15 is 0 Å². The molecule has 0 aliphatic rings. The Morgan fingerprint density at radius 1 is 1.41 bits per heavy atom. The van der Waals surface area contributed by atoms with Gasteiger partial charge in [0.15, 0.2) is 0 Å². The smallest absolute Gasteiger partial charge is 0.306 e. The van der Waals surface area contributed by atoms with Crippen molar-refractivity contribution in [3.05, 3.63) is 21.9 Å². The van der Waals surface area contributed by atoms with E-state index in [4.69, 9.17) is 10.9 Å². The zero-order valence-corrected chi connectivity index (χ0v) is 9.48. The molecule has 0 saturated heterocycles. The topological polar surface area (TPSA) is 133 Å². The molecule has 7 nitrogen and oxygen atoms in total. The highest BCUT2D eigenvalue weighted by Gasteiger charge is 2.23. The number of hydrazine groups is 1. The minimum Gasteiger partial charge on any atom is -0.481 e. The third-order valence-electron chi connectivity index (χ3n) is 2.02. The average molecular weight is 260 g/mol. The summed E-state index contributed by atoms with van der Waals surface area (Å²) in [5.41, 5.74) is 1.93. The van der Waals surface area contributed by atoms with Gasteiger partial charge in [-0.1, -0.05) is 0 Å². The van der Waals surface area contributed by atoms with Crippen LogP contribution in [0.3, 0.4) is 0 Å². The van der Waals surface area contributed by atoms with Gasteiger partial charge in [0.1, 0.15) is 6.10 Å². The Balaban J connectivity index is 2.75. The number of aliphatic hydroxyl groups is 2. The molecule has 0 aliphatic heterocycles. The third kappa shape index (κ3) is 3.49. The predicted molar refractivity (Wildman–Crippen MR) is 59.2 cm³/mol. The fourth-order valence-electron chi connectivity index (χ4n) is 1.19. The molecular formula is C9H12N2O5S. The number of rotatable bonds is 5. The first-order valence-electron chi connectivity index (χ1n) is 4.64. The van der Waals surface area contributed by atoms with Crippen LogP contribution in [0, 0.1) is 0 Å². The van der Waals surface area contributed by atoms with Gasteiger partial charge in [0.2, 0.25) is 0 Å². The highest BCUT2D eigenvalue weighted by molar-refractivity contribution is 7.14. The fraction of sp³-hybridized carbons (Fsp3) is 0.333. The molecule has 94 valence electrons. The van der Waals surface area contributed by atoms with Crippen LogP contribution in [0.2, 0.25) is 0 Å². The number of nitrogens with two attached hydrogens (primary N) is 1. The standard InChI is InChI=1S/C9H12N2O5S/c10-11-9(16)6-2-1-5(17-6)8(15)4(12)3-7(13)14/h1-2,4,8,12,15H,3,10H2,(H,11,16)(H,13,14). The molecule has 2 atom stereocenters. The maximum absolute atomic E-state index is 11.1. The molecule has 6 N–H and O–H groups in total. The van der Waals surface area contributed by atoms with Gasteiger partial charge in [-0.25, -0.2) is 5.84 Å². The van der Waals surface area contributed by atoms with Crippen LogP contribution in [0.15, 0.2) is 12.1 Å². The van der Waals surface area contributed by atoms with E-state index in [1.165, 1.54) is 12.1 Å². The van der Waals surface area contributed by atoms with Crippen LogP contribution in [0.4, 0.5) is 0 Å². The summed E-state index contributed by atoms with van der Waals surface area (Å²) in [7, 11) is 0. The van der Waals surface area contributed by atoms with E-state index < -0.39 is 30.5 Å². The molecule has 17 heavy (non-hydrogen) atoms. The van der Waals surface area contributed by atoms with Gasteiger partial charge in [-0.15, -0.1) is 11.3 Å². The molecule has 0 bridgehead atoms. The number of hydrogen-bond acceptors (Lipinski definition) is 6. The second-order valence-electron chi connectivity index (χ2n) is 3.29. The number of aliphatic hydroxyl groups excluding tert-OH is 2. The number of amides is 1. The van der Waals surface area contributed by atoms with Crippen molar-refractivity contribution in [1.82, 2.24) is 5.43 Å². The molecule has 0 spiro atoms. The highest BCUT2D eigenvalue weighted by atomic mass is 32.1. The Morgan fingerprint density at radius 3 is 2.59 bits per heavy atom. The number of carbonyl (C=O) groups excluding carboxylic acids is 1. The molecule has 1 rings (SSSR count). The van der Waals surface area contributed by atoms with Gasteiger partial charge in [0, 0.05) is 4.88 Å². The fourth-order valence-corrected chi connectivity index (χ4v) is 2.14. The van der Waals surface area contributed by atoms with Gasteiger partial charge < -0.3 is 15.3 Å². The Hall–Kier alpha value is -1.48. The number of carboxylic acids is 1. The van der Waals surface area contributed by atoms with Crippen LogP contribution in [0.5, 0.6) is 0 Å².